The smallest absolute Gasteiger partial charge is 0.236 e. The highest BCUT2D eigenvalue weighted by atomic mass is 35.5. The van der Waals surface area contributed by atoms with E-state index in [1.54, 1.807) is 11.9 Å². The van der Waals surface area contributed by atoms with Crippen LogP contribution in [-0.2, 0) is 11.3 Å². The number of hydrogen-bond donors (Lipinski definition) is 1. The standard InChI is InChI=1S/C14H21F2N3O.ClH/c1-17-9-14(20)19(7-6-18(2)3)10-11-4-5-12(15)8-13(11)16;/h4-5,8,17H,6-7,9-10H2,1-3H3;1H. The number of halogens is 3. The molecule has 120 valence electrons. The Hall–Kier alpha value is -1.24. The van der Waals surface area contributed by atoms with Crippen LogP contribution in [0, 0.1) is 11.6 Å². The van der Waals surface area contributed by atoms with Crippen molar-refractivity contribution in [3.05, 3.63) is 35.4 Å². The number of carbonyl (C=O) groups excluding carboxylic acids is 1. The quantitative estimate of drug-likeness (QED) is 0.826. The van der Waals surface area contributed by atoms with E-state index in [0.717, 1.165) is 6.07 Å². The molecule has 0 saturated carbocycles. The zero-order valence-corrected chi connectivity index (χ0v) is 13.3. The molecular formula is C14H22ClF2N3O. The second kappa shape index (κ2) is 9.65. The Kier molecular flexibility index (Phi) is 9.08. The van der Waals surface area contributed by atoms with Crippen molar-refractivity contribution in [1.82, 2.24) is 15.1 Å². The minimum absolute atomic E-state index is 0. The molecule has 0 aliphatic heterocycles. The molecule has 4 nitrogen and oxygen atoms in total. The van der Waals surface area contributed by atoms with Crippen LogP contribution in [0.4, 0.5) is 8.78 Å². The molecule has 0 unspecified atom stereocenters. The lowest BCUT2D eigenvalue weighted by atomic mass is 10.2. The van der Waals surface area contributed by atoms with Gasteiger partial charge in [-0.05, 0) is 27.2 Å². The zero-order chi connectivity index (χ0) is 15.1. The molecule has 0 fully saturated rings. The van der Waals surface area contributed by atoms with Crippen LogP contribution in [0.25, 0.3) is 0 Å². The van der Waals surface area contributed by atoms with E-state index in [1.807, 2.05) is 19.0 Å². The first-order valence-electron chi connectivity index (χ1n) is 6.45. The minimum Gasteiger partial charge on any atom is -0.336 e. The topological polar surface area (TPSA) is 35.6 Å². The highest BCUT2D eigenvalue weighted by Crippen LogP contribution is 2.12. The predicted octanol–water partition coefficient (Wildman–Crippen LogP) is 1.50. The Morgan fingerprint density at radius 3 is 2.43 bits per heavy atom. The zero-order valence-electron chi connectivity index (χ0n) is 12.5. The van der Waals surface area contributed by atoms with Crippen LogP contribution < -0.4 is 5.32 Å². The third kappa shape index (κ3) is 6.84. The van der Waals surface area contributed by atoms with Crippen molar-refractivity contribution in [2.45, 2.75) is 6.54 Å². The normalized spacial score (nSPS) is 10.4. The summed E-state index contributed by atoms with van der Waals surface area (Å²) >= 11 is 0. The van der Waals surface area contributed by atoms with Gasteiger partial charge in [-0.25, -0.2) is 8.78 Å². The van der Waals surface area contributed by atoms with Crippen LogP contribution in [0.5, 0.6) is 0 Å². The van der Waals surface area contributed by atoms with Gasteiger partial charge in [0.2, 0.25) is 5.91 Å². The van der Waals surface area contributed by atoms with Crippen molar-refractivity contribution in [2.75, 3.05) is 40.8 Å². The van der Waals surface area contributed by atoms with E-state index in [-0.39, 0.29) is 31.4 Å². The van der Waals surface area contributed by atoms with Crippen molar-refractivity contribution in [3.8, 4) is 0 Å². The Morgan fingerprint density at radius 1 is 1.24 bits per heavy atom. The number of benzene rings is 1. The average Bonchev–Trinajstić information content (AvgIpc) is 2.36. The molecule has 1 aromatic rings. The molecule has 21 heavy (non-hydrogen) atoms. The summed E-state index contributed by atoms with van der Waals surface area (Å²) in [5.74, 6) is -1.36. The fourth-order valence-electron chi connectivity index (χ4n) is 1.73. The summed E-state index contributed by atoms with van der Waals surface area (Å²) in [6.45, 7) is 1.50. The molecule has 0 atom stereocenters. The van der Waals surface area contributed by atoms with Gasteiger partial charge in [0.1, 0.15) is 11.6 Å². The summed E-state index contributed by atoms with van der Waals surface area (Å²) in [6.07, 6.45) is 0. The largest absolute Gasteiger partial charge is 0.336 e. The van der Waals surface area contributed by atoms with Crippen molar-refractivity contribution in [2.24, 2.45) is 0 Å². The third-order valence-corrected chi connectivity index (χ3v) is 2.87. The summed E-state index contributed by atoms with van der Waals surface area (Å²) in [4.78, 5) is 15.5. The second-order valence-electron chi connectivity index (χ2n) is 4.88. The van der Waals surface area contributed by atoms with Crippen molar-refractivity contribution in [3.63, 3.8) is 0 Å². The number of hydrogen-bond acceptors (Lipinski definition) is 3. The van der Waals surface area contributed by atoms with Crippen LogP contribution in [0.2, 0.25) is 0 Å². The molecule has 0 aliphatic carbocycles. The van der Waals surface area contributed by atoms with E-state index >= 15 is 0 Å². The fourth-order valence-corrected chi connectivity index (χ4v) is 1.73. The van der Waals surface area contributed by atoms with Gasteiger partial charge in [-0.2, -0.15) is 0 Å². The van der Waals surface area contributed by atoms with Crippen molar-refractivity contribution < 1.29 is 13.6 Å². The monoisotopic (exact) mass is 321 g/mol. The molecule has 0 aromatic heterocycles. The SMILES string of the molecule is CNCC(=O)N(CCN(C)C)Cc1ccc(F)cc1F.Cl. The van der Waals surface area contributed by atoms with Crippen molar-refractivity contribution in [1.29, 1.82) is 0 Å². The number of amides is 1. The molecule has 1 aromatic carbocycles. The number of carbonyl (C=O) groups is 1. The van der Waals surface area contributed by atoms with Gasteiger partial charge in [-0.3, -0.25) is 4.79 Å². The molecule has 7 heteroatoms. The third-order valence-electron chi connectivity index (χ3n) is 2.87. The molecule has 0 saturated heterocycles. The summed E-state index contributed by atoms with van der Waals surface area (Å²) in [5.41, 5.74) is 0.314. The van der Waals surface area contributed by atoms with Gasteiger partial charge in [-0.1, -0.05) is 6.07 Å². The lowest BCUT2D eigenvalue weighted by molar-refractivity contribution is -0.130. The molecule has 0 aliphatic rings. The van der Waals surface area contributed by atoms with Crippen LogP contribution >= 0.6 is 12.4 Å². The summed E-state index contributed by atoms with van der Waals surface area (Å²) < 4.78 is 26.5. The maximum absolute atomic E-state index is 13.7. The van der Waals surface area contributed by atoms with E-state index in [2.05, 4.69) is 5.32 Å². The number of rotatable bonds is 7. The Labute approximate surface area is 130 Å². The fraction of sp³-hybridized carbons (Fsp3) is 0.500. The second-order valence-corrected chi connectivity index (χ2v) is 4.88. The van der Waals surface area contributed by atoms with Crippen LogP contribution in [-0.4, -0.2) is 56.5 Å². The summed E-state index contributed by atoms with van der Waals surface area (Å²) in [6, 6.07) is 3.41. The Bertz CT molecular complexity index is 458. The van der Waals surface area contributed by atoms with E-state index in [0.29, 0.717) is 18.7 Å². The summed E-state index contributed by atoms with van der Waals surface area (Å²) in [5, 5.41) is 2.79. The van der Waals surface area contributed by atoms with E-state index in [1.165, 1.54) is 12.1 Å². The summed E-state index contributed by atoms with van der Waals surface area (Å²) in [7, 11) is 5.49. The lowest BCUT2D eigenvalue weighted by Gasteiger charge is -2.24. The van der Waals surface area contributed by atoms with Crippen LogP contribution in [0.3, 0.4) is 0 Å². The molecule has 0 spiro atoms. The molecule has 0 bridgehead atoms. The number of likely N-dealkylation sites (N-methyl/N-ethyl adjacent to an activating group) is 2. The highest BCUT2D eigenvalue weighted by molar-refractivity contribution is 5.85. The van der Waals surface area contributed by atoms with Gasteiger partial charge in [0, 0.05) is 31.3 Å². The molecule has 0 heterocycles. The Morgan fingerprint density at radius 2 is 1.90 bits per heavy atom. The molecule has 0 radical (unpaired) electrons. The average molecular weight is 322 g/mol. The molecule has 1 rings (SSSR count). The van der Waals surface area contributed by atoms with E-state index in [9.17, 15) is 13.6 Å². The molecule has 1 N–H and O–H groups in total. The minimum atomic E-state index is -0.628. The van der Waals surface area contributed by atoms with Crippen molar-refractivity contribution >= 4 is 18.3 Å². The van der Waals surface area contributed by atoms with Crippen LogP contribution in [0.15, 0.2) is 18.2 Å². The van der Waals surface area contributed by atoms with E-state index in [4.69, 9.17) is 0 Å². The maximum Gasteiger partial charge on any atom is 0.236 e. The maximum atomic E-state index is 13.7. The molecule has 1 amide bonds. The first-order chi connectivity index (χ1) is 9.43. The highest BCUT2D eigenvalue weighted by Gasteiger charge is 2.15. The van der Waals surface area contributed by atoms with Gasteiger partial charge in [-0.15, -0.1) is 12.4 Å². The first kappa shape index (κ1) is 19.8. The lowest BCUT2D eigenvalue weighted by Crippen LogP contribution is -2.40. The Balaban J connectivity index is 0.00000400. The van der Waals surface area contributed by atoms with Crippen LogP contribution in [0.1, 0.15) is 5.56 Å². The number of nitrogens with zero attached hydrogens (tertiary/aromatic N) is 2. The van der Waals surface area contributed by atoms with Gasteiger partial charge in [0.15, 0.2) is 0 Å². The van der Waals surface area contributed by atoms with Gasteiger partial charge in [0.25, 0.3) is 0 Å². The van der Waals surface area contributed by atoms with Gasteiger partial charge in [0.05, 0.1) is 6.54 Å². The van der Waals surface area contributed by atoms with E-state index < -0.39 is 11.6 Å². The number of nitrogens with one attached hydrogen (secondary N) is 1. The molecular weight excluding hydrogens is 300 g/mol. The van der Waals surface area contributed by atoms with Gasteiger partial charge >= 0.3 is 0 Å². The first-order valence-corrected chi connectivity index (χ1v) is 6.45. The van der Waals surface area contributed by atoms with Gasteiger partial charge < -0.3 is 15.1 Å². The predicted molar refractivity (Wildman–Crippen MR) is 81.5 cm³/mol.